The molecule has 0 radical (unpaired) electrons. The Hall–Kier alpha value is -0.450. The Balaban J connectivity index is 2.77. The maximum absolute atomic E-state index is 10.1. The Morgan fingerprint density at radius 2 is 2.21 bits per heavy atom. The second-order valence-electron chi connectivity index (χ2n) is 3.87. The Bertz CT molecular complexity index is 285. The van der Waals surface area contributed by atoms with Crippen LogP contribution in [0.2, 0.25) is 0 Å². The normalized spacial score (nSPS) is 15.9. The number of nitrogens with two attached hydrogens (primary N) is 1. The smallest absolute Gasteiger partial charge is 0.0940 e. The molecule has 14 heavy (non-hydrogen) atoms. The summed E-state index contributed by atoms with van der Waals surface area (Å²) in [4.78, 5) is 5.05. The van der Waals surface area contributed by atoms with E-state index < -0.39 is 6.10 Å². The molecule has 0 saturated carbocycles. The van der Waals surface area contributed by atoms with E-state index >= 15 is 0 Å². The van der Waals surface area contributed by atoms with Crippen LogP contribution in [0.4, 0.5) is 0 Å². The van der Waals surface area contributed by atoms with Crippen molar-refractivity contribution in [3.8, 4) is 0 Å². The fourth-order valence-electron chi connectivity index (χ4n) is 1.49. The minimum atomic E-state index is -0.466. The molecule has 0 aliphatic carbocycles. The Kier molecular flexibility index (Phi) is 4.04. The summed E-state index contributed by atoms with van der Waals surface area (Å²) in [5.74, 6) is 0.507. The van der Waals surface area contributed by atoms with Crippen LogP contribution in [-0.2, 0) is 0 Å². The SMILES string of the molecule is Cc1ncc(C(O)C(CN)C(C)C)s1. The van der Waals surface area contributed by atoms with E-state index in [0.29, 0.717) is 12.5 Å². The highest BCUT2D eigenvalue weighted by Gasteiger charge is 2.24. The van der Waals surface area contributed by atoms with Gasteiger partial charge in [0.15, 0.2) is 0 Å². The number of aryl methyl sites for hydroxylation is 1. The zero-order valence-corrected chi connectivity index (χ0v) is 9.71. The highest BCUT2D eigenvalue weighted by molar-refractivity contribution is 7.11. The van der Waals surface area contributed by atoms with E-state index in [9.17, 15) is 5.11 Å². The van der Waals surface area contributed by atoms with Crippen LogP contribution in [0.5, 0.6) is 0 Å². The lowest BCUT2D eigenvalue weighted by molar-refractivity contribution is 0.0890. The van der Waals surface area contributed by atoms with Crippen LogP contribution in [0.1, 0.15) is 29.8 Å². The van der Waals surface area contributed by atoms with E-state index in [1.165, 1.54) is 0 Å². The van der Waals surface area contributed by atoms with Gasteiger partial charge in [-0.3, -0.25) is 0 Å². The van der Waals surface area contributed by atoms with Crippen molar-refractivity contribution >= 4 is 11.3 Å². The minimum absolute atomic E-state index is 0.120. The number of thiazole rings is 1. The summed E-state index contributed by atoms with van der Waals surface area (Å²) in [6.07, 6.45) is 1.28. The van der Waals surface area contributed by atoms with Crippen molar-refractivity contribution in [1.29, 1.82) is 0 Å². The van der Waals surface area contributed by atoms with Crippen LogP contribution in [0.25, 0.3) is 0 Å². The molecule has 2 unspecified atom stereocenters. The van der Waals surface area contributed by atoms with Gasteiger partial charge in [-0.05, 0) is 19.4 Å². The molecule has 0 saturated heterocycles. The largest absolute Gasteiger partial charge is 0.387 e. The average molecular weight is 214 g/mol. The zero-order valence-electron chi connectivity index (χ0n) is 8.90. The lowest BCUT2D eigenvalue weighted by Crippen LogP contribution is -2.26. The van der Waals surface area contributed by atoms with Crippen molar-refractivity contribution in [2.45, 2.75) is 26.9 Å². The van der Waals surface area contributed by atoms with Gasteiger partial charge in [-0.25, -0.2) is 4.98 Å². The summed E-state index contributed by atoms with van der Waals surface area (Å²) in [7, 11) is 0. The molecule has 3 nitrogen and oxygen atoms in total. The molecule has 3 N–H and O–H groups in total. The molecular formula is C10H18N2OS. The number of aliphatic hydroxyl groups excluding tert-OH is 1. The molecule has 0 aliphatic heterocycles. The van der Waals surface area contributed by atoms with Crippen LogP contribution in [-0.4, -0.2) is 16.6 Å². The first-order chi connectivity index (χ1) is 6.56. The molecule has 0 bridgehead atoms. The number of rotatable bonds is 4. The lowest BCUT2D eigenvalue weighted by Gasteiger charge is -2.23. The summed E-state index contributed by atoms with van der Waals surface area (Å²) in [5, 5.41) is 11.0. The summed E-state index contributed by atoms with van der Waals surface area (Å²) >= 11 is 1.54. The van der Waals surface area contributed by atoms with Gasteiger partial charge in [-0.2, -0.15) is 0 Å². The van der Waals surface area contributed by atoms with Gasteiger partial charge >= 0.3 is 0 Å². The predicted molar refractivity (Wildman–Crippen MR) is 59.2 cm³/mol. The number of aliphatic hydroxyl groups is 1. The van der Waals surface area contributed by atoms with E-state index in [1.807, 2.05) is 6.92 Å². The first-order valence-electron chi connectivity index (χ1n) is 4.86. The predicted octanol–water partition coefficient (Wildman–Crippen LogP) is 1.72. The van der Waals surface area contributed by atoms with Gasteiger partial charge in [0.25, 0.3) is 0 Å². The third-order valence-electron chi connectivity index (χ3n) is 2.46. The summed E-state index contributed by atoms with van der Waals surface area (Å²) < 4.78 is 0. The topological polar surface area (TPSA) is 59.1 Å². The fourth-order valence-corrected chi connectivity index (χ4v) is 2.34. The molecule has 0 spiro atoms. The summed E-state index contributed by atoms with van der Waals surface area (Å²) in [6, 6.07) is 0. The highest BCUT2D eigenvalue weighted by Crippen LogP contribution is 2.30. The highest BCUT2D eigenvalue weighted by atomic mass is 32.1. The molecule has 80 valence electrons. The number of aromatic nitrogens is 1. The van der Waals surface area contributed by atoms with Gasteiger partial charge in [0, 0.05) is 12.1 Å². The third kappa shape index (κ3) is 2.53. The molecule has 0 aliphatic rings. The second-order valence-corrected chi connectivity index (χ2v) is 5.14. The maximum atomic E-state index is 10.1. The van der Waals surface area contributed by atoms with Crippen LogP contribution in [0.15, 0.2) is 6.20 Å². The van der Waals surface area contributed by atoms with E-state index in [4.69, 9.17) is 5.73 Å². The van der Waals surface area contributed by atoms with Crippen molar-refractivity contribution in [2.75, 3.05) is 6.54 Å². The Labute approximate surface area is 89.0 Å². The molecule has 1 rings (SSSR count). The van der Waals surface area contributed by atoms with Crippen molar-refractivity contribution in [3.05, 3.63) is 16.1 Å². The molecule has 0 aromatic carbocycles. The zero-order chi connectivity index (χ0) is 10.7. The monoisotopic (exact) mass is 214 g/mol. The fraction of sp³-hybridized carbons (Fsp3) is 0.700. The van der Waals surface area contributed by atoms with Crippen molar-refractivity contribution in [1.82, 2.24) is 4.98 Å². The van der Waals surface area contributed by atoms with Crippen molar-refractivity contribution in [3.63, 3.8) is 0 Å². The van der Waals surface area contributed by atoms with Gasteiger partial charge in [0.05, 0.1) is 16.0 Å². The van der Waals surface area contributed by atoms with Crippen LogP contribution in [0, 0.1) is 18.8 Å². The average Bonchev–Trinajstić information content (AvgIpc) is 2.52. The Morgan fingerprint density at radius 3 is 2.57 bits per heavy atom. The van der Waals surface area contributed by atoms with Crippen LogP contribution < -0.4 is 5.73 Å². The van der Waals surface area contributed by atoms with Crippen molar-refractivity contribution in [2.24, 2.45) is 17.6 Å². The second kappa shape index (κ2) is 4.87. The Morgan fingerprint density at radius 1 is 1.57 bits per heavy atom. The lowest BCUT2D eigenvalue weighted by atomic mass is 9.90. The molecule has 2 atom stereocenters. The van der Waals surface area contributed by atoms with Gasteiger partial charge in [0.2, 0.25) is 0 Å². The molecule has 1 aromatic rings. The first-order valence-corrected chi connectivity index (χ1v) is 5.68. The van der Waals surface area contributed by atoms with Gasteiger partial charge in [0.1, 0.15) is 0 Å². The molecule has 0 fully saturated rings. The summed E-state index contributed by atoms with van der Waals surface area (Å²) in [5.41, 5.74) is 5.64. The quantitative estimate of drug-likeness (QED) is 0.802. The molecule has 1 heterocycles. The van der Waals surface area contributed by atoms with Crippen LogP contribution >= 0.6 is 11.3 Å². The minimum Gasteiger partial charge on any atom is -0.387 e. The van der Waals surface area contributed by atoms with Crippen LogP contribution in [0.3, 0.4) is 0 Å². The first kappa shape index (κ1) is 11.6. The van der Waals surface area contributed by atoms with E-state index in [1.54, 1.807) is 17.5 Å². The van der Waals surface area contributed by atoms with E-state index in [-0.39, 0.29) is 5.92 Å². The van der Waals surface area contributed by atoms with E-state index in [0.717, 1.165) is 9.88 Å². The maximum Gasteiger partial charge on any atom is 0.0940 e. The molecular weight excluding hydrogens is 196 g/mol. The molecule has 4 heteroatoms. The van der Waals surface area contributed by atoms with Gasteiger partial charge < -0.3 is 10.8 Å². The van der Waals surface area contributed by atoms with Crippen molar-refractivity contribution < 1.29 is 5.11 Å². The third-order valence-corrected chi connectivity index (χ3v) is 3.45. The molecule has 0 amide bonds. The standard InChI is InChI=1S/C10H18N2OS/c1-6(2)8(4-11)10(13)9-5-12-7(3)14-9/h5-6,8,10,13H,4,11H2,1-3H3. The molecule has 1 aromatic heterocycles. The number of hydrogen-bond acceptors (Lipinski definition) is 4. The number of nitrogens with zero attached hydrogens (tertiary/aromatic N) is 1. The summed E-state index contributed by atoms with van der Waals surface area (Å²) in [6.45, 7) is 6.60. The van der Waals surface area contributed by atoms with Gasteiger partial charge in [-0.1, -0.05) is 13.8 Å². The number of hydrogen-bond donors (Lipinski definition) is 2. The van der Waals surface area contributed by atoms with Gasteiger partial charge in [-0.15, -0.1) is 11.3 Å². The van der Waals surface area contributed by atoms with E-state index in [2.05, 4.69) is 18.8 Å².